The largest absolute Gasteiger partial charge is 0.490 e. The highest BCUT2D eigenvalue weighted by Gasteiger charge is 2.29. The van der Waals surface area contributed by atoms with Crippen molar-refractivity contribution in [3.8, 4) is 5.75 Å². The van der Waals surface area contributed by atoms with Crippen molar-refractivity contribution in [2.24, 2.45) is 7.05 Å². The zero-order chi connectivity index (χ0) is 18.1. The van der Waals surface area contributed by atoms with Crippen LogP contribution in [-0.4, -0.2) is 66.8 Å². The number of nitrogens with zero attached hydrogens (tertiary/aromatic N) is 3. The minimum atomic E-state index is -2.98. The topological polar surface area (TPSA) is 54.8 Å². The Morgan fingerprint density at radius 2 is 1.92 bits per heavy atom. The summed E-state index contributed by atoms with van der Waals surface area (Å²) in [4.78, 5) is 2.36. The van der Waals surface area contributed by atoms with E-state index in [1.807, 2.05) is 19.2 Å². The predicted octanol–water partition coefficient (Wildman–Crippen LogP) is 2.06. The van der Waals surface area contributed by atoms with Gasteiger partial charge in [0.25, 0.3) is 0 Å². The Bertz CT molecular complexity index is 869. The maximum atomic E-state index is 11.9. The average molecular weight is 378 g/mol. The fourth-order valence-corrected chi connectivity index (χ4v) is 5.52. The van der Waals surface area contributed by atoms with Crippen LogP contribution in [0.15, 0.2) is 30.5 Å². The van der Waals surface area contributed by atoms with Crippen molar-refractivity contribution in [2.45, 2.75) is 25.4 Å². The molecule has 0 atom stereocenters. The van der Waals surface area contributed by atoms with Crippen LogP contribution in [-0.2, 0) is 17.1 Å². The summed E-state index contributed by atoms with van der Waals surface area (Å²) in [7, 11) is -0.931. The Morgan fingerprint density at radius 1 is 1.12 bits per heavy atom. The Balaban J connectivity index is 1.30. The molecule has 0 radical (unpaired) electrons. The molecule has 2 aromatic rings. The molecule has 2 saturated heterocycles. The van der Waals surface area contributed by atoms with Gasteiger partial charge in [-0.05, 0) is 37.5 Å². The van der Waals surface area contributed by atoms with Gasteiger partial charge in [0.05, 0.1) is 11.3 Å². The highest BCUT2D eigenvalue weighted by Crippen LogP contribution is 2.28. The van der Waals surface area contributed by atoms with Crippen molar-refractivity contribution in [2.75, 3.05) is 38.5 Å². The number of ether oxygens (including phenoxy) is 1. The number of piperidine rings is 1. The van der Waals surface area contributed by atoms with Gasteiger partial charge in [0.1, 0.15) is 11.9 Å². The van der Waals surface area contributed by atoms with Crippen molar-refractivity contribution >= 4 is 20.9 Å². The number of rotatable bonds is 5. The first-order valence-electron chi connectivity index (χ1n) is 9.44. The Morgan fingerprint density at radius 3 is 2.65 bits per heavy atom. The highest BCUT2D eigenvalue weighted by atomic mass is 32.2. The second kappa shape index (κ2) is 7.21. The van der Waals surface area contributed by atoms with E-state index in [0.717, 1.165) is 50.0 Å². The molecule has 1 aromatic carbocycles. The number of aryl methyl sites for hydroxylation is 1. The first-order chi connectivity index (χ1) is 12.5. The van der Waals surface area contributed by atoms with Gasteiger partial charge in [-0.15, -0.1) is 0 Å². The van der Waals surface area contributed by atoms with Crippen LogP contribution in [0.4, 0.5) is 0 Å². The van der Waals surface area contributed by atoms with E-state index in [0.29, 0.717) is 18.8 Å². The van der Waals surface area contributed by atoms with Crippen LogP contribution in [0.25, 0.3) is 10.9 Å². The molecule has 2 fully saturated rings. The zero-order valence-electron chi connectivity index (χ0n) is 15.3. The Hall–Kier alpha value is -1.57. The molecular formula is C19H27N3O3S. The minimum Gasteiger partial charge on any atom is -0.490 e. The maximum absolute atomic E-state index is 11.9. The molecule has 6 nitrogen and oxygen atoms in total. The summed E-state index contributed by atoms with van der Waals surface area (Å²) in [6.45, 7) is 4.05. The van der Waals surface area contributed by atoms with Gasteiger partial charge < -0.3 is 14.2 Å². The van der Waals surface area contributed by atoms with Crippen LogP contribution in [0.3, 0.4) is 0 Å². The third kappa shape index (κ3) is 3.61. The van der Waals surface area contributed by atoms with E-state index in [9.17, 15) is 8.42 Å². The lowest BCUT2D eigenvalue weighted by Gasteiger charge is -2.33. The smallest absolute Gasteiger partial charge is 0.214 e. The summed E-state index contributed by atoms with van der Waals surface area (Å²) < 4.78 is 33.8. The number of likely N-dealkylation sites (tertiary alicyclic amines) is 1. The normalized spacial score (nSPS) is 22.2. The van der Waals surface area contributed by atoms with E-state index in [2.05, 4.69) is 27.8 Å². The first-order valence-corrected chi connectivity index (χ1v) is 11.0. The molecule has 2 aliphatic heterocycles. The fourth-order valence-electron chi connectivity index (χ4n) is 4.00. The van der Waals surface area contributed by atoms with Crippen molar-refractivity contribution < 1.29 is 13.2 Å². The molecule has 0 bridgehead atoms. The second-order valence-electron chi connectivity index (χ2n) is 7.34. The molecule has 0 amide bonds. The van der Waals surface area contributed by atoms with Crippen molar-refractivity contribution in [1.29, 1.82) is 0 Å². The third-order valence-electron chi connectivity index (χ3n) is 5.58. The van der Waals surface area contributed by atoms with Gasteiger partial charge >= 0.3 is 0 Å². The quantitative estimate of drug-likeness (QED) is 0.800. The standard InChI is InChI=1S/C19H27N3O3S/c1-20-10-8-17-18(20)4-2-5-19(17)25-16-6-11-21(12-7-16)13-14-22-9-3-15-26(22,23)24/h2,4-5,8,10,16H,3,6-7,9,11-15H2,1H3. The van der Waals surface area contributed by atoms with Gasteiger partial charge in [0.15, 0.2) is 0 Å². The van der Waals surface area contributed by atoms with E-state index >= 15 is 0 Å². The van der Waals surface area contributed by atoms with Crippen LogP contribution < -0.4 is 4.74 Å². The summed E-state index contributed by atoms with van der Waals surface area (Å²) in [5, 5.41) is 1.16. The molecule has 3 heterocycles. The van der Waals surface area contributed by atoms with E-state index < -0.39 is 10.0 Å². The van der Waals surface area contributed by atoms with Gasteiger partial charge in [0.2, 0.25) is 10.0 Å². The molecule has 2 aliphatic rings. The van der Waals surface area contributed by atoms with Crippen LogP contribution in [0.2, 0.25) is 0 Å². The molecule has 7 heteroatoms. The lowest BCUT2D eigenvalue weighted by atomic mass is 10.1. The number of fused-ring (bicyclic) bond motifs is 1. The first kappa shape index (κ1) is 17.8. The summed E-state index contributed by atoms with van der Waals surface area (Å²) in [6.07, 6.45) is 5.02. The van der Waals surface area contributed by atoms with Crippen LogP contribution in [0.5, 0.6) is 5.75 Å². The van der Waals surface area contributed by atoms with Crippen molar-refractivity contribution in [1.82, 2.24) is 13.8 Å². The molecule has 0 aliphatic carbocycles. The number of hydrogen-bond acceptors (Lipinski definition) is 4. The van der Waals surface area contributed by atoms with E-state index in [1.165, 1.54) is 5.52 Å². The Labute approximate surface area is 155 Å². The number of benzene rings is 1. The molecule has 4 rings (SSSR count). The lowest BCUT2D eigenvalue weighted by Crippen LogP contribution is -2.42. The van der Waals surface area contributed by atoms with Gasteiger partial charge in [-0.25, -0.2) is 12.7 Å². The molecule has 142 valence electrons. The van der Waals surface area contributed by atoms with Gasteiger partial charge in [0, 0.05) is 51.4 Å². The molecular weight excluding hydrogens is 350 g/mol. The molecule has 0 spiro atoms. The van der Waals surface area contributed by atoms with E-state index in [4.69, 9.17) is 4.74 Å². The van der Waals surface area contributed by atoms with E-state index in [1.54, 1.807) is 4.31 Å². The van der Waals surface area contributed by atoms with Gasteiger partial charge in [-0.3, -0.25) is 0 Å². The number of hydrogen-bond donors (Lipinski definition) is 0. The van der Waals surface area contributed by atoms with Crippen LogP contribution >= 0.6 is 0 Å². The van der Waals surface area contributed by atoms with Crippen molar-refractivity contribution in [3.63, 3.8) is 0 Å². The molecule has 0 unspecified atom stereocenters. The second-order valence-corrected chi connectivity index (χ2v) is 9.43. The minimum absolute atomic E-state index is 0.229. The van der Waals surface area contributed by atoms with Crippen LogP contribution in [0.1, 0.15) is 19.3 Å². The summed E-state index contributed by atoms with van der Waals surface area (Å²) >= 11 is 0. The fraction of sp³-hybridized carbons (Fsp3) is 0.579. The molecule has 1 aromatic heterocycles. The number of aromatic nitrogens is 1. The van der Waals surface area contributed by atoms with Gasteiger partial charge in [-0.2, -0.15) is 0 Å². The highest BCUT2D eigenvalue weighted by molar-refractivity contribution is 7.89. The summed E-state index contributed by atoms with van der Waals surface area (Å²) in [6, 6.07) is 8.31. The van der Waals surface area contributed by atoms with Gasteiger partial charge in [-0.1, -0.05) is 6.07 Å². The third-order valence-corrected chi connectivity index (χ3v) is 7.54. The van der Waals surface area contributed by atoms with Crippen LogP contribution in [0, 0.1) is 0 Å². The molecule has 0 N–H and O–H groups in total. The molecule has 26 heavy (non-hydrogen) atoms. The number of sulfonamides is 1. The monoisotopic (exact) mass is 377 g/mol. The maximum Gasteiger partial charge on any atom is 0.214 e. The summed E-state index contributed by atoms with van der Waals surface area (Å²) in [5.41, 5.74) is 1.19. The summed E-state index contributed by atoms with van der Waals surface area (Å²) in [5.74, 6) is 1.28. The Kier molecular flexibility index (Phi) is 4.94. The average Bonchev–Trinajstić information content (AvgIpc) is 3.17. The SMILES string of the molecule is Cn1ccc2c(OC3CCN(CCN4CCCS4(=O)=O)CC3)cccc21. The predicted molar refractivity (Wildman–Crippen MR) is 103 cm³/mol. The zero-order valence-corrected chi connectivity index (χ0v) is 16.1. The van der Waals surface area contributed by atoms with E-state index in [-0.39, 0.29) is 6.10 Å². The van der Waals surface area contributed by atoms with Crippen molar-refractivity contribution in [3.05, 3.63) is 30.5 Å². The lowest BCUT2D eigenvalue weighted by molar-refractivity contribution is 0.0994. The molecule has 0 saturated carbocycles.